The smallest absolute Gasteiger partial charge is 0.357 e. The molecule has 1 aromatic heterocycles. The Morgan fingerprint density at radius 3 is 2.61 bits per heavy atom. The van der Waals surface area contributed by atoms with Crippen LogP contribution in [0.1, 0.15) is 10.4 Å². The highest BCUT2D eigenvalue weighted by Gasteiger charge is 2.27. The first-order chi connectivity index (χ1) is 13.5. The van der Waals surface area contributed by atoms with Gasteiger partial charge in [-0.05, 0) is 48.6 Å². The third-order valence-electron chi connectivity index (χ3n) is 4.26. The summed E-state index contributed by atoms with van der Waals surface area (Å²) in [6.07, 6.45) is 1.69. The van der Waals surface area contributed by atoms with Crippen LogP contribution in [0.5, 0.6) is 11.6 Å². The van der Waals surface area contributed by atoms with Crippen molar-refractivity contribution in [1.29, 1.82) is 0 Å². The summed E-state index contributed by atoms with van der Waals surface area (Å²) in [6.45, 7) is 0. The largest absolute Gasteiger partial charge is 0.508 e. The summed E-state index contributed by atoms with van der Waals surface area (Å²) in [6, 6.07) is 13.7. The van der Waals surface area contributed by atoms with Gasteiger partial charge in [-0.2, -0.15) is 0 Å². The van der Waals surface area contributed by atoms with E-state index in [4.69, 9.17) is 17.0 Å². The van der Waals surface area contributed by atoms with Crippen molar-refractivity contribution in [3.63, 3.8) is 0 Å². The van der Waals surface area contributed by atoms with E-state index in [1.807, 2.05) is 24.3 Å². The van der Waals surface area contributed by atoms with Crippen LogP contribution in [0.15, 0.2) is 53.5 Å². The number of aromatic hydroxyl groups is 2. The highest BCUT2D eigenvalue weighted by Crippen LogP contribution is 2.39. The lowest BCUT2D eigenvalue weighted by Crippen LogP contribution is -2.14. The Bertz CT molecular complexity index is 1200. The van der Waals surface area contributed by atoms with E-state index in [0.29, 0.717) is 25.8 Å². The third kappa shape index (κ3) is 3.02. The van der Waals surface area contributed by atoms with E-state index < -0.39 is 5.97 Å². The summed E-state index contributed by atoms with van der Waals surface area (Å²) >= 11 is 6.61. The van der Waals surface area contributed by atoms with Crippen molar-refractivity contribution < 1.29 is 19.7 Å². The molecule has 0 atom stereocenters. The first kappa shape index (κ1) is 18.1. The number of fused-ring (bicyclic) bond motifs is 1. The molecule has 0 saturated carbocycles. The Labute approximate surface area is 169 Å². The number of hydrogen-bond acceptors (Lipinski definition) is 7. The predicted molar refractivity (Wildman–Crippen MR) is 111 cm³/mol. The molecule has 140 valence electrons. The van der Waals surface area contributed by atoms with Crippen molar-refractivity contribution in [2.24, 2.45) is 4.99 Å². The first-order valence-electron chi connectivity index (χ1n) is 8.22. The maximum absolute atomic E-state index is 12.2. The van der Waals surface area contributed by atoms with Crippen LogP contribution >= 0.6 is 23.6 Å². The summed E-state index contributed by atoms with van der Waals surface area (Å²) in [4.78, 5) is 17.0. The molecule has 2 heterocycles. The maximum atomic E-state index is 12.2. The van der Waals surface area contributed by atoms with E-state index in [0.717, 1.165) is 5.56 Å². The lowest BCUT2D eigenvalue weighted by Gasteiger charge is -2.06. The molecule has 0 radical (unpaired) electrons. The van der Waals surface area contributed by atoms with Gasteiger partial charge < -0.3 is 14.9 Å². The number of aliphatic imine (C=N–C) groups is 1. The summed E-state index contributed by atoms with van der Waals surface area (Å²) in [5, 5.41) is 20.2. The number of phenolic OH excluding ortho intramolecular Hbond substituents is 1. The van der Waals surface area contributed by atoms with Crippen LogP contribution in [-0.2, 0) is 9.53 Å². The van der Waals surface area contributed by atoms with Crippen LogP contribution in [0.3, 0.4) is 0 Å². The van der Waals surface area contributed by atoms with Crippen LogP contribution < -0.4 is 0 Å². The number of ether oxygens (including phenoxy) is 1. The van der Waals surface area contributed by atoms with Gasteiger partial charge in [0.2, 0.25) is 5.88 Å². The number of para-hydroxylation sites is 1. The first-order valence-corrected chi connectivity index (χ1v) is 9.44. The van der Waals surface area contributed by atoms with Gasteiger partial charge in [0.25, 0.3) is 0 Å². The Morgan fingerprint density at radius 2 is 1.89 bits per heavy atom. The van der Waals surface area contributed by atoms with E-state index in [1.54, 1.807) is 18.2 Å². The standard InChI is InChI=1S/C20H14N2O4S2/c1-26-19(25)17-14(13-4-2-3-5-15(13)21-17)10-16-18(24)22(20(27)28-16)11-6-8-12(23)9-7-11/h2-10,23-24H,1H3. The second-order valence-corrected chi connectivity index (χ2v) is 7.61. The van der Waals surface area contributed by atoms with Crippen LogP contribution in [0.4, 0.5) is 5.69 Å². The van der Waals surface area contributed by atoms with Gasteiger partial charge in [0.05, 0.1) is 23.4 Å². The lowest BCUT2D eigenvalue weighted by atomic mass is 10.0. The fraction of sp³-hybridized carbons (Fsp3) is 0.0500. The van der Waals surface area contributed by atoms with Gasteiger partial charge >= 0.3 is 5.97 Å². The Kier molecular flexibility index (Phi) is 4.58. The van der Waals surface area contributed by atoms with Crippen molar-refractivity contribution in [3.8, 4) is 17.3 Å². The molecule has 0 spiro atoms. The summed E-state index contributed by atoms with van der Waals surface area (Å²) in [7, 11) is 1.30. The molecule has 3 aromatic rings. The number of phenols is 1. The highest BCUT2D eigenvalue weighted by atomic mass is 32.1. The molecule has 1 aliphatic rings. The number of nitrogens with zero attached hydrogens (tertiary/aromatic N) is 2. The van der Waals surface area contributed by atoms with E-state index in [9.17, 15) is 15.0 Å². The summed E-state index contributed by atoms with van der Waals surface area (Å²) in [5.41, 5.74) is 2.80. The second kappa shape index (κ2) is 7.06. The predicted octanol–water partition coefficient (Wildman–Crippen LogP) is 4.48. The number of hydrogen-bond donors (Lipinski definition) is 2. The summed E-state index contributed by atoms with van der Waals surface area (Å²) < 4.78 is 6.78. The van der Waals surface area contributed by atoms with Crippen molar-refractivity contribution in [1.82, 2.24) is 4.57 Å². The molecule has 2 aromatic carbocycles. The van der Waals surface area contributed by atoms with Crippen LogP contribution in [0.2, 0.25) is 0 Å². The number of rotatable bonds is 3. The van der Waals surface area contributed by atoms with Crippen molar-refractivity contribution in [2.45, 2.75) is 0 Å². The second-order valence-electron chi connectivity index (χ2n) is 5.93. The molecule has 6 nitrogen and oxygen atoms in total. The van der Waals surface area contributed by atoms with Gasteiger partial charge in [-0.25, -0.2) is 9.79 Å². The quantitative estimate of drug-likeness (QED) is 0.491. The molecule has 0 amide bonds. The number of carbonyl (C=O) groups is 1. The Balaban J connectivity index is 1.86. The van der Waals surface area contributed by atoms with Crippen molar-refractivity contribution >= 4 is 52.6 Å². The minimum absolute atomic E-state index is 0.0539. The van der Waals surface area contributed by atoms with E-state index >= 15 is 0 Å². The monoisotopic (exact) mass is 410 g/mol. The zero-order valence-electron chi connectivity index (χ0n) is 14.6. The maximum Gasteiger partial charge on any atom is 0.357 e. The molecular weight excluding hydrogens is 396 g/mol. The molecule has 0 unspecified atom stereocenters. The number of benzene rings is 2. The van der Waals surface area contributed by atoms with Gasteiger partial charge in [-0.15, -0.1) is 11.3 Å². The van der Waals surface area contributed by atoms with Crippen LogP contribution in [-0.4, -0.2) is 33.6 Å². The number of methoxy groups -OCH3 is 1. The van der Waals surface area contributed by atoms with Crippen LogP contribution in [0, 0.1) is 3.95 Å². The number of aromatic nitrogens is 1. The van der Waals surface area contributed by atoms with Crippen molar-refractivity contribution in [3.05, 3.63) is 62.9 Å². The number of thiazole rings is 1. The van der Waals surface area contributed by atoms with Gasteiger partial charge in [-0.3, -0.25) is 4.57 Å². The minimum atomic E-state index is -0.552. The molecule has 1 aliphatic heterocycles. The van der Waals surface area contributed by atoms with Gasteiger partial charge in [0.1, 0.15) is 5.75 Å². The Hall–Kier alpha value is -3.23. The summed E-state index contributed by atoms with van der Waals surface area (Å²) in [5.74, 6) is -0.487. The number of esters is 1. The molecule has 28 heavy (non-hydrogen) atoms. The normalized spacial score (nSPS) is 14.0. The van der Waals surface area contributed by atoms with E-state index in [2.05, 4.69) is 4.99 Å². The SMILES string of the molecule is COC(=O)C1=Nc2ccccc2C1=Cc1sc(=S)n(-c2ccc(O)cc2)c1O. The zero-order valence-corrected chi connectivity index (χ0v) is 16.3. The molecule has 0 aliphatic carbocycles. The molecule has 0 bridgehead atoms. The molecule has 4 rings (SSSR count). The van der Waals surface area contributed by atoms with Gasteiger partial charge in [-0.1, -0.05) is 18.2 Å². The van der Waals surface area contributed by atoms with Gasteiger partial charge in [0.15, 0.2) is 9.67 Å². The third-order valence-corrected chi connectivity index (χ3v) is 5.57. The molecule has 0 saturated heterocycles. The van der Waals surface area contributed by atoms with E-state index in [-0.39, 0.29) is 17.3 Å². The molecule has 2 N–H and O–H groups in total. The lowest BCUT2D eigenvalue weighted by molar-refractivity contribution is -0.132. The molecule has 8 heteroatoms. The average Bonchev–Trinajstić information content (AvgIpc) is 3.20. The van der Waals surface area contributed by atoms with E-state index in [1.165, 1.54) is 35.1 Å². The number of carbonyl (C=O) groups excluding carboxylic acids is 1. The fourth-order valence-electron chi connectivity index (χ4n) is 2.94. The van der Waals surface area contributed by atoms with Crippen LogP contribution in [0.25, 0.3) is 17.3 Å². The van der Waals surface area contributed by atoms with Gasteiger partial charge in [0, 0.05) is 11.1 Å². The minimum Gasteiger partial charge on any atom is -0.508 e. The van der Waals surface area contributed by atoms with Crippen molar-refractivity contribution in [2.75, 3.05) is 7.11 Å². The molecular formula is C20H14N2O4S2. The Morgan fingerprint density at radius 1 is 1.18 bits per heavy atom. The highest BCUT2D eigenvalue weighted by molar-refractivity contribution is 7.73. The zero-order chi connectivity index (χ0) is 19.8. The average molecular weight is 410 g/mol. The molecule has 0 fully saturated rings. The topological polar surface area (TPSA) is 84.0 Å². The fourth-order valence-corrected chi connectivity index (χ4v) is 4.23.